The van der Waals surface area contributed by atoms with Gasteiger partial charge in [0.1, 0.15) is 23.9 Å². The molecule has 0 aromatic rings. The number of aliphatic hydroxyl groups excluding tert-OH is 2. The van der Waals surface area contributed by atoms with Crippen LogP contribution in [0.25, 0.3) is 0 Å². The summed E-state index contributed by atoms with van der Waals surface area (Å²) < 4.78 is 24.4. The Bertz CT molecular complexity index is 1560. The maximum absolute atomic E-state index is 13.4. The minimum atomic E-state index is -1.52. The second-order valence-corrected chi connectivity index (χ2v) is 16.4. The highest BCUT2D eigenvalue weighted by Crippen LogP contribution is 2.29. The third-order valence-electron chi connectivity index (χ3n) is 10.6. The van der Waals surface area contributed by atoms with Crippen LogP contribution >= 0.6 is 0 Å². The van der Waals surface area contributed by atoms with E-state index in [-0.39, 0.29) is 37.1 Å². The maximum atomic E-state index is 13.4. The standard InChI is InChI=1S/C46H71N3O8/c1-11-30(2)26-36-27-33(5)19-13-12-16-25-46(8,53)39(22-15-14-18-31(3)20-17-21-32(4)23-24-34(6)48-44(36)52)57-45-41(47)43(51)38(29-54-45)56-40-28-37(50)42(49(9)10)35(7)55-40/h12-23,25,27,30,34-35,37-43,45,50-51,53H,11,24,26,28-29,47H2,1-10H3,(H,48,52)/b13-12+,18-14+,21-17+,22-15+,25-16+,31-20-,32-23-,33-19-,36-27-/t30-,34-,35+,37+,38+,39-,40-,41+,42+,43-,45-,46+/m0/s1. The Labute approximate surface area is 342 Å². The van der Waals surface area contributed by atoms with Crippen LogP contribution in [0.2, 0.25) is 0 Å². The molecular weight excluding hydrogens is 723 g/mol. The first-order chi connectivity index (χ1) is 26.9. The van der Waals surface area contributed by atoms with E-state index in [1.165, 1.54) is 0 Å². The molecule has 3 aliphatic heterocycles. The average molecular weight is 794 g/mol. The number of ether oxygens (including phenoxy) is 4. The number of carbonyl (C=O) groups is 1. The van der Waals surface area contributed by atoms with Gasteiger partial charge in [-0.25, -0.2) is 0 Å². The minimum Gasteiger partial charge on any atom is -0.391 e. The van der Waals surface area contributed by atoms with Gasteiger partial charge in [-0.3, -0.25) is 4.79 Å². The summed E-state index contributed by atoms with van der Waals surface area (Å²) >= 11 is 0. The lowest BCUT2D eigenvalue weighted by Gasteiger charge is -2.44. The van der Waals surface area contributed by atoms with Gasteiger partial charge < -0.3 is 50.2 Å². The zero-order valence-corrected chi connectivity index (χ0v) is 35.9. The number of amides is 1. The Kier molecular flexibility index (Phi) is 19.7. The lowest BCUT2D eigenvalue weighted by molar-refractivity contribution is -0.301. The highest BCUT2D eigenvalue weighted by Gasteiger charge is 2.44. The molecule has 3 rings (SSSR count). The van der Waals surface area contributed by atoms with Gasteiger partial charge in [-0.2, -0.15) is 0 Å². The van der Waals surface area contributed by atoms with Crippen molar-refractivity contribution in [2.75, 3.05) is 20.7 Å². The number of likely N-dealkylation sites (N-methyl/N-ethyl adjacent to an activating group) is 1. The van der Waals surface area contributed by atoms with Crippen LogP contribution in [-0.2, 0) is 23.7 Å². The monoisotopic (exact) mass is 794 g/mol. The summed E-state index contributed by atoms with van der Waals surface area (Å²) in [5.74, 6) is 0.304. The zero-order chi connectivity index (χ0) is 42.3. The number of nitrogens with one attached hydrogen (secondary N) is 1. The van der Waals surface area contributed by atoms with Gasteiger partial charge in [-0.1, -0.05) is 122 Å². The van der Waals surface area contributed by atoms with E-state index in [1.54, 1.807) is 37.3 Å². The van der Waals surface area contributed by atoms with Crippen LogP contribution in [0.15, 0.2) is 107 Å². The quantitative estimate of drug-likeness (QED) is 0.202. The van der Waals surface area contributed by atoms with E-state index in [2.05, 4.69) is 25.2 Å². The molecule has 318 valence electrons. The number of carbonyl (C=O) groups excluding carboxylic acids is 1. The molecule has 0 aromatic carbocycles. The smallest absolute Gasteiger partial charge is 0.247 e. The van der Waals surface area contributed by atoms with Crippen molar-refractivity contribution in [2.24, 2.45) is 11.7 Å². The Morgan fingerprint density at radius 3 is 2.39 bits per heavy atom. The number of rotatable bonds is 8. The minimum absolute atomic E-state index is 0.0250. The van der Waals surface area contributed by atoms with Gasteiger partial charge >= 0.3 is 0 Å². The number of hydrogen-bond donors (Lipinski definition) is 5. The van der Waals surface area contributed by atoms with Gasteiger partial charge in [0.25, 0.3) is 0 Å². The van der Waals surface area contributed by atoms with Crippen LogP contribution in [0.3, 0.4) is 0 Å². The van der Waals surface area contributed by atoms with Crippen LogP contribution in [-0.4, -0.2) is 114 Å². The molecule has 12 atom stereocenters. The van der Waals surface area contributed by atoms with E-state index < -0.39 is 48.6 Å². The molecule has 0 aromatic heterocycles. The average Bonchev–Trinajstić information content (AvgIpc) is 3.13. The largest absolute Gasteiger partial charge is 0.391 e. The fourth-order valence-electron chi connectivity index (χ4n) is 6.91. The molecule has 11 heteroatoms. The first kappa shape index (κ1) is 48.1. The molecule has 0 radical (unpaired) electrons. The molecule has 3 aliphatic rings. The van der Waals surface area contributed by atoms with E-state index in [1.807, 2.05) is 102 Å². The third-order valence-corrected chi connectivity index (χ3v) is 10.6. The lowest BCUT2D eigenvalue weighted by Crippen LogP contribution is -2.62. The van der Waals surface area contributed by atoms with Crippen molar-refractivity contribution in [3.63, 3.8) is 0 Å². The van der Waals surface area contributed by atoms with Crippen molar-refractivity contribution in [1.29, 1.82) is 0 Å². The summed E-state index contributed by atoms with van der Waals surface area (Å²) in [7, 11) is 3.78. The first-order valence-corrected chi connectivity index (χ1v) is 20.4. The summed E-state index contributed by atoms with van der Waals surface area (Å²) in [6, 6.07) is -1.22. The number of nitrogens with two attached hydrogens (primary N) is 1. The molecule has 6 N–H and O–H groups in total. The molecular formula is C46H71N3O8. The van der Waals surface area contributed by atoms with Crippen molar-refractivity contribution in [2.45, 2.75) is 148 Å². The Balaban J connectivity index is 1.86. The van der Waals surface area contributed by atoms with E-state index >= 15 is 0 Å². The molecule has 2 fully saturated rings. The molecule has 0 aliphatic carbocycles. The zero-order valence-electron chi connectivity index (χ0n) is 35.9. The maximum Gasteiger partial charge on any atom is 0.247 e. The van der Waals surface area contributed by atoms with Crippen molar-refractivity contribution >= 4 is 5.91 Å². The van der Waals surface area contributed by atoms with Gasteiger partial charge in [-0.05, 0) is 74.4 Å². The van der Waals surface area contributed by atoms with Gasteiger partial charge in [0.05, 0.1) is 30.9 Å². The molecule has 0 spiro atoms. The van der Waals surface area contributed by atoms with Crippen molar-refractivity contribution < 1.29 is 39.1 Å². The lowest BCUT2D eigenvalue weighted by atomic mass is 9.96. The van der Waals surface area contributed by atoms with Gasteiger partial charge in [0.2, 0.25) is 5.91 Å². The molecule has 57 heavy (non-hydrogen) atoms. The highest BCUT2D eigenvalue weighted by molar-refractivity contribution is 5.94. The highest BCUT2D eigenvalue weighted by atomic mass is 16.7. The van der Waals surface area contributed by atoms with Crippen molar-refractivity contribution in [3.05, 3.63) is 107 Å². The van der Waals surface area contributed by atoms with Crippen LogP contribution in [0, 0.1) is 5.92 Å². The Hall–Kier alpha value is -3.23. The summed E-state index contributed by atoms with van der Waals surface area (Å²) in [5, 5.41) is 36.9. The Morgan fingerprint density at radius 1 is 1.00 bits per heavy atom. The summed E-state index contributed by atoms with van der Waals surface area (Å²) in [6.45, 7) is 15.8. The van der Waals surface area contributed by atoms with Crippen molar-refractivity contribution in [3.8, 4) is 0 Å². The Morgan fingerprint density at radius 2 is 1.70 bits per heavy atom. The van der Waals surface area contributed by atoms with Crippen LogP contribution in [0.5, 0.6) is 0 Å². The topological polar surface area (TPSA) is 156 Å². The summed E-state index contributed by atoms with van der Waals surface area (Å²) in [5.41, 5.74) is 8.73. The molecule has 1 amide bonds. The van der Waals surface area contributed by atoms with E-state index in [0.29, 0.717) is 18.8 Å². The van der Waals surface area contributed by atoms with Gasteiger partial charge in [0, 0.05) is 18.0 Å². The van der Waals surface area contributed by atoms with Gasteiger partial charge in [-0.15, -0.1) is 0 Å². The van der Waals surface area contributed by atoms with E-state index in [0.717, 1.165) is 28.7 Å². The number of aliphatic hydroxyl groups is 3. The molecule has 0 bridgehead atoms. The van der Waals surface area contributed by atoms with Crippen LogP contribution < -0.4 is 11.1 Å². The SMILES string of the molecule is CC[C@H](C)C/C1=C/C(C)=C\C=C\C=C\[C@@](C)(O)[C@@H](O[C@@H]2OC[C@@H](O[C@H]3C[C@@H](O)[C@H](N(C)C)[C@@H](C)O3)[C@H](O)[C@H]2N)/C=C/C=C/C(C)=C\C=C\C(C)=C/C[C@H](C)NC1=O. The van der Waals surface area contributed by atoms with E-state index in [4.69, 9.17) is 24.7 Å². The normalized spacial score (nSPS) is 41.3. The van der Waals surface area contributed by atoms with Crippen molar-refractivity contribution in [1.82, 2.24) is 10.2 Å². The molecule has 0 saturated carbocycles. The predicted molar refractivity (Wildman–Crippen MR) is 228 cm³/mol. The molecule has 11 nitrogen and oxygen atoms in total. The number of hydrogen-bond acceptors (Lipinski definition) is 10. The second-order valence-electron chi connectivity index (χ2n) is 16.4. The van der Waals surface area contributed by atoms with E-state index in [9.17, 15) is 20.1 Å². The predicted octanol–water partition coefficient (Wildman–Crippen LogP) is 5.87. The number of allylic oxidation sites excluding steroid dienone is 14. The first-order valence-electron chi connectivity index (χ1n) is 20.4. The number of nitrogens with zero attached hydrogens (tertiary/aromatic N) is 1. The fraction of sp³-hybridized carbons (Fsp3) is 0.587. The molecule has 0 unspecified atom stereocenters. The van der Waals surface area contributed by atoms with Crippen LogP contribution in [0.1, 0.15) is 81.1 Å². The fourth-order valence-corrected chi connectivity index (χ4v) is 6.91. The molecule has 2 saturated heterocycles. The molecule has 3 heterocycles. The van der Waals surface area contributed by atoms with Gasteiger partial charge in [0.15, 0.2) is 12.6 Å². The summed E-state index contributed by atoms with van der Waals surface area (Å²) in [4.78, 5) is 15.3. The van der Waals surface area contributed by atoms with Crippen LogP contribution in [0.4, 0.5) is 0 Å². The summed E-state index contributed by atoms with van der Waals surface area (Å²) in [6.07, 6.45) is 23.3. The second kappa shape index (κ2) is 23.4. The third kappa shape index (κ3) is 15.8.